The van der Waals surface area contributed by atoms with E-state index in [0.29, 0.717) is 12.1 Å². The Balaban J connectivity index is 2.18. The third kappa shape index (κ3) is 1.21. The number of nitrogens with zero attached hydrogens (tertiary/aromatic N) is 2. The van der Waals surface area contributed by atoms with E-state index in [4.69, 9.17) is 0 Å². The van der Waals surface area contributed by atoms with Crippen molar-refractivity contribution >= 4 is 6.03 Å². The molecule has 1 aliphatic carbocycles. The van der Waals surface area contributed by atoms with E-state index >= 15 is 0 Å². The van der Waals surface area contributed by atoms with Crippen LogP contribution in [0.15, 0.2) is 0 Å². The summed E-state index contributed by atoms with van der Waals surface area (Å²) in [7, 11) is 1.95. The normalized spacial score (nSPS) is 33.8. The molecule has 0 aromatic carbocycles. The first-order chi connectivity index (χ1) is 6.25. The largest absolute Gasteiger partial charge is 0.323 e. The van der Waals surface area contributed by atoms with Gasteiger partial charge in [-0.25, -0.2) is 4.79 Å². The summed E-state index contributed by atoms with van der Waals surface area (Å²) in [5.74, 6) is 0. The number of amides is 2. The van der Waals surface area contributed by atoms with Crippen LogP contribution < -0.4 is 0 Å². The predicted molar refractivity (Wildman–Crippen MR) is 51.6 cm³/mol. The van der Waals surface area contributed by atoms with Gasteiger partial charge in [0.2, 0.25) is 0 Å². The zero-order valence-corrected chi connectivity index (χ0v) is 8.49. The van der Waals surface area contributed by atoms with Gasteiger partial charge in [0.25, 0.3) is 0 Å². The Morgan fingerprint density at radius 3 is 2.54 bits per heavy atom. The van der Waals surface area contributed by atoms with Gasteiger partial charge in [-0.3, -0.25) is 0 Å². The van der Waals surface area contributed by atoms with Crippen LogP contribution in [-0.4, -0.2) is 41.5 Å². The molecule has 1 saturated carbocycles. The van der Waals surface area contributed by atoms with Crippen LogP contribution in [0, 0.1) is 0 Å². The number of hydrogen-bond donors (Lipinski definition) is 0. The highest BCUT2D eigenvalue weighted by molar-refractivity contribution is 5.77. The number of carbonyl (C=O) groups is 1. The van der Waals surface area contributed by atoms with E-state index in [-0.39, 0.29) is 6.03 Å². The van der Waals surface area contributed by atoms with Gasteiger partial charge >= 0.3 is 6.03 Å². The Bertz CT molecular complexity index is 217. The van der Waals surface area contributed by atoms with Crippen molar-refractivity contribution in [1.29, 1.82) is 0 Å². The van der Waals surface area contributed by atoms with Crippen molar-refractivity contribution in [3.05, 3.63) is 0 Å². The lowest BCUT2D eigenvalue weighted by Crippen LogP contribution is -2.38. The first kappa shape index (κ1) is 8.85. The van der Waals surface area contributed by atoms with Crippen molar-refractivity contribution in [3.63, 3.8) is 0 Å². The molecule has 2 aliphatic rings. The quantitative estimate of drug-likeness (QED) is 0.605. The smallest absolute Gasteiger partial charge is 0.320 e. The fourth-order valence-corrected chi connectivity index (χ4v) is 2.76. The maximum absolute atomic E-state index is 11.8. The molecule has 3 heteroatoms. The molecular formula is C10H18N2O. The summed E-state index contributed by atoms with van der Waals surface area (Å²) in [6.07, 6.45) is 4.98. The van der Waals surface area contributed by atoms with Crippen LogP contribution >= 0.6 is 0 Å². The second kappa shape index (κ2) is 3.20. The molecule has 2 unspecified atom stereocenters. The molecule has 1 saturated heterocycles. The predicted octanol–water partition coefficient (Wildman–Crippen LogP) is 1.68. The molecule has 1 aliphatic heterocycles. The highest BCUT2D eigenvalue weighted by Gasteiger charge is 2.43. The van der Waals surface area contributed by atoms with Crippen LogP contribution in [0.4, 0.5) is 4.79 Å². The van der Waals surface area contributed by atoms with Gasteiger partial charge in [-0.05, 0) is 19.8 Å². The van der Waals surface area contributed by atoms with E-state index in [2.05, 4.69) is 6.92 Å². The molecule has 0 N–H and O–H groups in total. The summed E-state index contributed by atoms with van der Waals surface area (Å²) >= 11 is 0. The second-order valence-corrected chi connectivity index (χ2v) is 4.10. The Labute approximate surface area is 79.7 Å². The maximum atomic E-state index is 11.8. The van der Waals surface area contributed by atoms with E-state index in [1.54, 1.807) is 0 Å². The zero-order valence-electron chi connectivity index (χ0n) is 8.49. The monoisotopic (exact) mass is 182 g/mol. The van der Waals surface area contributed by atoms with Gasteiger partial charge in [0.1, 0.15) is 0 Å². The van der Waals surface area contributed by atoms with Gasteiger partial charge in [-0.15, -0.1) is 0 Å². The molecule has 3 nitrogen and oxygen atoms in total. The minimum Gasteiger partial charge on any atom is -0.323 e. The van der Waals surface area contributed by atoms with Crippen LogP contribution in [0.5, 0.6) is 0 Å². The summed E-state index contributed by atoms with van der Waals surface area (Å²) in [5.41, 5.74) is 0. The van der Waals surface area contributed by atoms with Crippen molar-refractivity contribution in [3.8, 4) is 0 Å². The van der Waals surface area contributed by atoms with Crippen LogP contribution in [0.2, 0.25) is 0 Å². The number of hydrogen-bond acceptors (Lipinski definition) is 1. The Kier molecular flexibility index (Phi) is 2.18. The average Bonchev–Trinajstić information content (AvgIpc) is 2.41. The number of carbonyl (C=O) groups excluding carboxylic acids is 1. The van der Waals surface area contributed by atoms with Crippen molar-refractivity contribution < 1.29 is 4.79 Å². The summed E-state index contributed by atoms with van der Waals surface area (Å²) in [6, 6.07) is 1.25. The van der Waals surface area contributed by atoms with Crippen molar-refractivity contribution in [2.45, 2.75) is 44.7 Å². The highest BCUT2D eigenvalue weighted by atomic mass is 16.2. The third-order valence-corrected chi connectivity index (χ3v) is 3.48. The molecule has 0 aromatic heterocycles. The van der Waals surface area contributed by atoms with E-state index in [1.165, 1.54) is 25.7 Å². The third-order valence-electron chi connectivity index (χ3n) is 3.48. The number of likely N-dealkylation sites (N-methyl/N-ethyl adjacent to an activating group) is 2. The standard InChI is InChI=1S/C10H18N2O/c1-3-12-9-7-5-4-6-8(9)11(2)10(12)13/h8-9H,3-7H2,1-2H3. The molecule has 2 amide bonds. The number of fused-ring (bicyclic) bond motifs is 1. The summed E-state index contributed by atoms with van der Waals surface area (Å²) in [4.78, 5) is 15.7. The van der Waals surface area contributed by atoms with Gasteiger partial charge < -0.3 is 9.80 Å². The van der Waals surface area contributed by atoms with Gasteiger partial charge in [0, 0.05) is 13.6 Å². The van der Waals surface area contributed by atoms with Crippen LogP contribution in [0.1, 0.15) is 32.6 Å². The van der Waals surface area contributed by atoms with E-state index in [0.717, 1.165) is 6.54 Å². The molecule has 0 spiro atoms. The molecule has 13 heavy (non-hydrogen) atoms. The second-order valence-electron chi connectivity index (χ2n) is 4.10. The van der Waals surface area contributed by atoms with Crippen molar-refractivity contribution in [1.82, 2.24) is 9.80 Å². The first-order valence-electron chi connectivity index (χ1n) is 5.29. The molecular weight excluding hydrogens is 164 g/mol. The molecule has 0 bridgehead atoms. The highest BCUT2D eigenvalue weighted by Crippen LogP contribution is 2.32. The molecule has 2 atom stereocenters. The topological polar surface area (TPSA) is 23.6 Å². The van der Waals surface area contributed by atoms with Crippen LogP contribution in [0.3, 0.4) is 0 Å². The van der Waals surface area contributed by atoms with E-state index < -0.39 is 0 Å². The van der Waals surface area contributed by atoms with E-state index in [9.17, 15) is 4.79 Å². The fourth-order valence-electron chi connectivity index (χ4n) is 2.76. The number of urea groups is 1. The van der Waals surface area contributed by atoms with Crippen molar-refractivity contribution in [2.24, 2.45) is 0 Å². The van der Waals surface area contributed by atoms with Crippen molar-refractivity contribution in [2.75, 3.05) is 13.6 Å². The Morgan fingerprint density at radius 1 is 1.31 bits per heavy atom. The molecule has 2 rings (SSSR count). The molecule has 2 fully saturated rings. The molecule has 74 valence electrons. The van der Waals surface area contributed by atoms with Gasteiger partial charge in [-0.2, -0.15) is 0 Å². The summed E-state index contributed by atoms with van der Waals surface area (Å²) < 4.78 is 0. The average molecular weight is 182 g/mol. The Morgan fingerprint density at radius 2 is 1.92 bits per heavy atom. The fraction of sp³-hybridized carbons (Fsp3) is 0.900. The summed E-state index contributed by atoms with van der Waals surface area (Å²) in [6.45, 7) is 2.94. The lowest BCUT2D eigenvalue weighted by Gasteiger charge is -2.30. The first-order valence-corrected chi connectivity index (χ1v) is 5.29. The minimum atomic E-state index is 0.236. The summed E-state index contributed by atoms with van der Waals surface area (Å²) in [5, 5.41) is 0. The van der Waals surface area contributed by atoms with Gasteiger partial charge in [-0.1, -0.05) is 12.8 Å². The van der Waals surface area contributed by atoms with E-state index in [1.807, 2.05) is 16.8 Å². The molecule has 1 heterocycles. The van der Waals surface area contributed by atoms with Crippen LogP contribution in [-0.2, 0) is 0 Å². The van der Waals surface area contributed by atoms with Gasteiger partial charge in [0.15, 0.2) is 0 Å². The lowest BCUT2D eigenvalue weighted by molar-refractivity contribution is 0.192. The number of rotatable bonds is 1. The van der Waals surface area contributed by atoms with Gasteiger partial charge in [0.05, 0.1) is 12.1 Å². The zero-order chi connectivity index (χ0) is 9.42. The molecule has 0 radical (unpaired) electrons. The lowest BCUT2D eigenvalue weighted by atomic mass is 9.90. The minimum absolute atomic E-state index is 0.236. The molecule has 0 aromatic rings. The maximum Gasteiger partial charge on any atom is 0.320 e. The Hall–Kier alpha value is -0.730. The SMILES string of the molecule is CCN1C(=O)N(C)C2CCCCC21. The van der Waals surface area contributed by atoms with Crippen LogP contribution in [0.25, 0.3) is 0 Å².